The number of nitrogens with one attached hydrogen (secondary N) is 1. The Bertz CT molecular complexity index is 536. The predicted molar refractivity (Wildman–Crippen MR) is 94.5 cm³/mol. The second kappa shape index (κ2) is 7.63. The molecule has 2 saturated heterocycles. The molecule has 7 nitrogen and oxygen atoms in total. The molecule has 2 fully saturated rings. The molecule has 0 atom stereocenters. The summed E-state index contributed by atoms with van der Waals surface area (Å²) in [5, 5.41) is 3.42. The molecule has 2 aliphatic heterocycles. The molecule has 0 bridgehead atoms. The monoisotopic (exact) mass is 335 g/mol. The van der Waals surface area contributed by atoms with Gasteiger partial charge in [-0.2, -0.15) is 4.98 Å². The van der Waals surface area contributed by atoms with Crippen LogP contribution in [0.5, 0.6) is 0 Å². The van der Waals surface area contributed by atoms with E-state index < -0.39 is 0 Å². The zero-order valence-corrected chi connectivity index (χ0v) is 15.0. The van der Waals surface area contributed by atoms with Crippen molar-refractivity contribution in [1.29, 1.82) is 0 Å². The van der Waals surface area contributed by atoms with Crippen LogP contribution in [-0.4, -0.2) is 74.1 Å². The van der Waals surface area contributed by atoms with E-state index in [2.05, 4.69) is 34.2 Å². The number of aromatic nitrogens is 2. The van der Waals surface area contributed by atoms with Crippen LogP contribution in [-0.2, 0) is 9.47 Å². The highest BCUT2D eigenvalue weighted by Gasteiger charge is 2.40. The van der Waals surface area contributed by atoms with Crippen molar-refractivity contribution in [2.45, 2.75) is 32.0 Å². The normalized spacial score (nSPS) is 20.1. The molecule has 1 N–H and O–H groups in total. The van der Waals surface area contributed by atoms with Crippen LogP contribution in [0, 0.1) is 6.92 Å². The van der Waals surface area contributed by atoms with Crippen molar-refractivity contribution in [1.82, 2.24) is 14.9 Å². The highest BCUT2D eigenvalue weighted by molar-refractivity contribution is 5.44. The van der Waals surface area contributed by atoms with Gasteiger partial charge in [0.05, 0.1) is 13.2 Å². The van der Waals surface area contributed by atoms with E-state index in [9.17, 15) is 0 Å². The summed E-state index contributed by atoms with van der Waals surface area (Å²) in [6.07, 6.45) is 2.83. The van der Waals surface area contributed by atoms with Crippen LogP contribution in [0.4, 0.5) is 11.8 Å². The first-order chi connectivity index (χ1) is 11.6. The van der Waals surface area contributed by atoms with Crippen molar-refractivity contribution in [3.05, 3.63) is 11.8 Å². The first-order valence-electron chi connectivity index (χ1n) is 8.83. The molecule has 1 aromatic rings. The van der Waals surface area contributed by atoms with Gasteiger partial charge in [-0.15, -0.1) is 0 Å². The molecule has 0 aromatic carbocycles. The molecule has 3 rings (SSSR count). The van der Waals surface area contributed by atoms with Gasteiger partial charge >= 0.3 is 0 Å². The summed E-state index contributed by atoms with van der Waals surface area (Å²) < 4.78 is 11.6. The Morgan fingerprint density at radius 1 is 1.21 bits per heavy atom. The molecule has 7 heteroatoms. The average molecular weight is 335 g/mol. The third-order valence-corrected chi connectivity index (χ3v) is 4.55. The van der Waals surface area contributed by atoms with Crippen LogP contribution in [0.2, 0.25) is 0 Å². The van der Waals surface area contributed by atoms with Crippen LogP contribution >= 0.6 is 0 Å². The highest BCUT2D eigenvalue weighted by Crippen LogP contribution is 2.32. The zero-order valence-electron chi connectivity index (χ0n) is 15.0. The number of anilines is 2. The number of ether oxygens (including phenoxy) is 2. The Balaban J connectivity index is 1.57. The predicted octanol–water partition coefficient (Wildman–Crippen LogP) is 1.49. The van der Waals surface area contributed by atoms with Gasteiger partial charge in [0.2, 0.25) is 5.95 Å². The van der Waals surface area contributed by atoms with Gasteiger partial charge in [-0.1, -0.05) is 0 Å². The number of hydrogen-bond acceptors (Lipinski definition) is 7. The molecular weight excluding hydrogens is 306 g/mol. The Morgan fingerprint density at radius 2 is 1.92 bits per heavy atom. The fourth-order valence-corrected chi connectivity index (χ4v) is 3.23. The minimum absolute atomic E-state index is 0.354. The maximum atomic E-state index is 5.79. The van der Waals surface area contributed by atoms with Crippen molar-refractivity contribution in [2.24, 2.45) is 0 Å². The molecule has 0 aliphatic carbocycles. The highest BCUT2D eigenvalue weighted by atomic mass is 16.7. The average Bonchev–Trinajstić information content (AvgIpc) is 3.00. The zero-order chi connectivity index (χ0) is 17.0. The molecule has 0 amide bonds. The molecule has 1 aromatic heterocycles. The van der Waals surface area contributed by atoms with Crippen molar-refractivity contribution < 1.29 is 9.47 Å². The minimum Gasteiger partial charge on any atom is -0.370 e. The van der Waals surface area contributed by atoms with E-state index in [-0.39, 0.29) is 5.79 Å². The molecule has 3 heterocycles. The van der Waals surface area contributed by atoms with Gasteiger partial charge in [-0.05, 0) is 34.0 Å². The number of nitrogens with zero attached hydrogens (tertiary/aromatic N) is 4. The van der Waals surface area contributed by atoms with Gasteiger partial charge in [0.15, 0.2) is 5.79 Å². The van der Waals surface area contributed by atoms with Crippen molar-refractivity contribution >= 4 is 11.8 Å². The second-order valence-corrected chi connectivity index (χ2v) is 6.87. The largest absolute Gasteiger partial charge is 0.370 e. The Hall–Kier alpha value is -1.44. The van der Waals surface area contributed by atoms with E-state index in [1.54, 1.807) is 0 Å². The molecule has 24 heavy (non-hydrogen) atoms. The second-order valence-electron chi connectivity index (χ2n) is 6.87. The summed E-state index contributed by atoms with van der Waals surface area (Å²) in [4.78, 5) is 13.7. The van der Waals surface area contributed by atoms with Crippen LogP contribution < -0.4 is 10.2 Å². The fourth-order valence-electron chi connectivity index (χ4n) is 3.23. The quantitative estimate of drug-likeness (QED) is 0.790. The molecule has 134 valence electrons. The van der Waals surface area contributed by atoms with Gasteiger partial charge < -0.3 is 24.6 Å². The number of hydrogen-bond donors (Lipinski definition) is 1. The van der Waals surface area contributed by atoms with Crippen LogP contribution in [0.3, 0.4) is 0 Å². The van der Waals surface area contributed by atoms with Crippen molar-refractivity contribution in [2.75, 3.05) is 63.7 Å². The van der Waals surface area contributed by atoms with Crippen molar-refractivity contribution in [3.8, 4) is 0 Å². The van der Waals surface area contributed by atoms with Gasteiger partial charge in [-0.25, -0.2) is 4.98 Å². The molecule has 1 spiro atoms. The van der Waals surface area contributed by atoms with Gasteiger partial charge in [0, 0.05) is 44.2 Å². The van der Waals surface area contributed by atoms with E-state index >= 15 is 0 Å². The molecule has 0 radical (unpaired) electrons. The summed E-state index contributed by atoms with van der Waals surface area (Å²) in [5.41, 5.74) is 0.990. The topological polar surface area (TPSA) is 62.8 Å². The van der Waals surface area contributed by atoms with Gasteiger partial charge in [0.1, 0.15) is 5.82 Å². The molecular formula is C17H29N5O2. The third-order valence-electron chi connectivity index (χ3n) is 4.55. The number of aryl methyl sites for hydroxylation is 1. The number of rotatable bonds is 6. The minimum atomic E-state index is -0.354. The SMILES string of the molecule is Cc1cc(NCCCN(C)C)nc(N2CCC3(CC2)OCCO3)n1. The summed E-state index contributed by atoms with van der Waals surface area (Å²) in [6, 6.07) is 2.01. The maximum absolute atomic E-state index is 5.79. The Morgan fingerprint density at radius 3 is 2.58 bits per heavy atom. The first-order valence-corrected chi connectivity index (χ1v) is 8.83. The van der Waals surface area contributed by atoms with E-state index in [1.165, 1.54) is 0 Å². The molecule has 0 saturated carbocycles. The number of piperidine rings is 1. The summed E-state index contributed by atoms with van der Waals surface area (Å²) >= 11 is 0. The van der Waals surface area contributed by atoms with E-state index in [0.717, 1.165) is 62.9 Å². The van der Waals surface area contributed by atoms with E-state index in [0.29, 0.717) is 13.2 Å². The lowest BCUT2D eigenvalue weighted by Gasteiger charge is -2.37. The standard InChI is InChI=1S/C17H29N5O2/c1-14-13-15(18-7-4-8-21(2)3)20-16(19-14)22-9-5-17(6-10-22)23-11-12-24-17/h13H,4-12H2,1-3H3,(H,18,19,20). The first kappa shape index (κ1) is 17.4. The summed E-state index contributed by atoms with van der Waals surface area (Å²) in [7, 11) is 4.18. The van der Waals surface area contributed by atoms with Gasteiger partial charge in [-0.3, -0.25) is 0 Å². The lowest BCUT2D eigenvalue weighted by Crippen LogP contribution is -2.45. The summed E-state index contributed by atoms with van der Waals surface area (Å²) in [6.45, 7) is 7.15. The van der Waals surface area contributed by atoms with Crippen LogP contribution in [0.15, 0.2) is 6.07 Å². The van der Waals surface area contributed by atoms with E-state index in [1.807, 2.05) is 13.0 Å². The Kier molecular flexibility index (Phi) is 5.53. The molecule has 2 aliphatic rings. The Labute approximate surface area is 144 Å². The smallest absolute Gasteiger partial charge is 0.227 e. The van der Waals surface area contributed by atoms with Crippen LogP contribution in [0.1, 0.15) is 25.0 Å². The lowest BCUT2D eigenvalue weighted by atomic mass is 10.0. The molecule has 0 unspecified atom stereocenters. The lowest BCUT2D eigenvalue weighted by molar-refractivity contribution is -0.169. The van der Waals surface area contributed by atoms with Crippen molar-refractivity contribution in [3.63, 3.8) is 0 Å². The van der Waals surface area contributed by atoms with Crippen LogP contribution in [0.25, 0.3) is 0 Å². The van der Waals surface area contributed by atoms with Gasteiger partial charge in [0.25, 0.3) is 0 Å². The maximum Gasteiger partial charge on any atom is 0.227 e. The third kappa shape index (κ3) is 4.34. The summed E-state index contributed by atoms with van der Waals surface area (Å²) in [5.74, 6) is 1.36. The van der Waals surface area contributed by atoms with E-state index in [4.69, 9.17) is 14.5 Å². The fraction of sp³-hybridized carbons (Fsp3) is 0.765.